The quantitative estimate of drug-likeness (QED) is 0.874. The predicted molar refractivity (Wildman–Crippen MR) is 92.5 cm³/mol. The monoisotopic (exact) mass is 353 g/mol. The van der Waals surface area contributed by atoms with Gasteiger partial charge in [0.25, 0.3) is 0 Å². The van der Waals surface area contributed by atoms with Crippen molar-refractivity contribution in [2.45, 2.75) is 58.0 Å². The lowest BCUT2D eigenvalue weighted by Crippen LogP contribution is -2.53. The standard InChI is InChI=1S/C14H23N3OS.2ClH/c1-9(12-8-19-10(2)17-12)16-13(18)11-6-4-5-7-14(11,3)15;;/h8-9,11H,4-7,15H2,1-3H3,(H,16,18);2*1H. The van der Waals surface area contributed by atoms with Gasteiger partial charge in [-0.15, -0.1) is 36.2 Å². The molecule has 1 aliphatic rings. The van der Waals surface area contributed by atoms with Crippen LogP contribution in [-0.4, -0.2) is 16.4 Å². The SMILES string of the molecule is Cc1nc(C(C)NC(=O)C2CCCCC2(C)N)cs1.Cl.Cl. The number of nitrogens with zero attached hydrogens (tertiary/aromatic N) is 1. The number of rotatable bonds is 3. The minimum atomic E-state index is -0.375. The fourth-order valence-corrected chi connectivity index (χ4v) is 3.46. The molecule has 0 aliphatic heterocycles. The van der Waals surface area contributed by atoms with Crippen LogP contribution >= 0.6 is 36.2 Å². The van der Waals surface area contributed by atoms with Crippen molar-refractivity contribution in [1.29, 1.82) is 0 Å². The first-order valence-corrected chi connectivity index (χ1v) is 7.79. The van der Waals surface area contributed by atoms with Crippen LogP contribution in [0.2, 0.25) is 0 Å². The first-order chi connectivity index (χ1) is 8.90. The first-order valence-electron chi connectivity index (χ1n) is 6.91. The van der Waals surface area contributed by atoms with Gasteiger partial charge in [-0.3, -0.25) is 4.79 Å². The van der Waals surface area contributed by atoms with E-state index in [1.54, 1.807) is 11.3 Å². The molecular weight excluding hydrogens is 329 g/mol. The number of carbonyl (C=O) groups excluding carboxylic acids is 1. The fraction of sp³-hybridized carbons (Fsp3) is 0.714. The summed E-state index contributed by atoms with van der Waals surface area (Å²) in [6.45, 7) is 5.94. The highest BCUT2D eigenvalue weighted by molar-refractivity contribution is 7.09. The molecule has 1 aromatic heterocycles. The van der Waals surface area contributed by atoms with E-state index in [0.717, 1.165) is 36.4 Å². The molecule has 0 spiro atoms. The Hall–Kier alpha value is -0.360. The molecule has 0 radical (unpaired) electrons. The van der Waals surface area contributed by atoms with Crippen LogP contribution in [0.15, 0.2) is 5.38 Å². The summed E-state index contributed by atoms with van der Waals surface area (Å²) in [4.78, 5) is 16.8. The van der Waals surface area contributed by atoms with Crippen molar-refractivity contribution in [3.63, 3.8) is 0 Å². The van der Waals surface area contributed by atoms with Gasteiger partial charge in [0.05, 0.1) is 22.7 Å². The number of carbonyl (C=O) groups is 1. The maximum atomic E-state index is 12.4. The molecule has 2 rings (SSSR count). The second kappa shape index (κ2) is 8.32. The zero-order valence-corrected chi connectivity index (χ0v) is 15.2. The van der Waals surface area contributed by atoms with Crippen LogP contribution in [0.5, 0.6) is 0 Å². The fourth-order valence-electron chi connectivity index (χ4n) is 2.76. The molecule has 1 amide bonds. The minimum Gasteiger partial charge on any atom is -0.348 e. The molecule has 3 unspecified atom stereocenters. The van der Waals surface area contributed by atoms with Gasteiger partial charge in [-0.1, -0.05) is 12.8 Å². The second-order valence-corrected chi connectivity index (χ2v) is 6.89. The van der Waals surface area contributed by atoms with Gasteiger partial charge in [-0.25, -0.2) is 4.98 Å². The summed E-state index contributed by atoms with van der Waals surface area (Å²) in [6.07, 6.45) is 4.03. The molecule has 3 atom stereocenters. The van der Waals surface area contributed by atoms with Crippen LogP contribution in [-0.2, 0) is 4.79 Å². The molecule has 1 heterocycles. The lowest BCUT2D eigenvalue weighted by molar-refractivity contribution is -0.128. The lowest BCUT2D eigenvalue weighted by Gasteiger charge is -2.37. The van der Waals surface area contributed by atoms with E-state index in [0.29, 0.717) is 0 Å². The summed E-state index contributed by atoms with van der Waals surface area (Å²) in [7, 11) is 0. The summed E-state index contributed by atoms with van der Waals surface area (Å²) in [5, 5.41) is 6.09. The van der Waals surface area contributed by atoms with Gasteiger partial charge in [-0.2, -0.15) is 0 Å². The van der Waals surface area contributed by atoms with Gasteiger partial charge >= 0.3 is 0 Å². The van der Waals surface area contributed by atoms with E-state index in [1.807, 2.05) is 26.2 Å². The van der Waals surface area contributed by atoms with Crippen LogP contribution in [0.25, 0.3) is 0 Å². The maximum absolute atomic E-state index is 12.4. The Kier molecular flexibility index (Phi) is 8.18. The molecule has 1 saturated carbocycles. The van der Waals surface area contributed by atoms with Crippen molar-refractivity contribution in [2.75, 3.05) is 0 Å². The van der Waals surface area contributed by atoms with E-state index in [4.69, 9.17) is 5.73 Å². The van der Waals surface area contributed by atoms with Gasteiger partial charge < -0.3 is 11.1 Å². The number of nitrogens with one attached hydrogen (secondary N) is 1. The molecular formula is C14H25Cl2N3OS. The molecule has 0 saturated heterocycles. The Bertz CT molecular complexity index is 465. The highest BCUT2D eigenvalue weighted by Crippen LogP contribution is 2.32. The third-order valence-corrected chi connectivity index (χ3v) is 4.80. The number of hydrogen-bond donors (Lipinski definition) is 2. The smallest absolute Gasteiger partial charge is 0.225 e. The summed E-state index contributed by atoms with van der Waals surface area (Å²) in [5.74, 6) is -0.00807. The minimum absolute atomic E-state index is 0. The Morgan fingerprint density at radius 1 is 1.52 bits per heavy atom. The summed E-state index contributed by atoms with van der Waals surface area (Å²) in [6, 6.07) is -0.0461. The molecule has 21 heavy (non-hydrogen) atoms. The van der Waals surface area contributed by atoms with Gasteiger partial charge in [0.15, 0.2) is 0 Å². The molecule has 3 N–H and O–H groups in total. The third kappa shape index (κ3) is 5.09. The van der Waals surface area contributed by atoms with E-state index < -0.39 is 0 Å². The van der Waals surface area contributed by atoms with Crippen molar-refractivity contribution in [1.82, 2.24) is 10.3 Å². The van der Waals surface area contributed by atoms with Crippen molar-refractivity contribution in [3.05, 3.63) is 16.1 Å². The average Bonchev–Trinajstić information content (AvgIpc) is 2.75. The summed E-state index contributed by atoms with van der Waals surface area (Å²) >= 11 is 1.61. The van der Waals surface area contributed by atoms with E-state index in [-0.39, 0.29) is 48.2 Å². The second-order valence-electron chi connectivity index (χ2n) is 5.83. The third-order valence-electron chi connectivity index (χ3n) is 4.01. The molecule has 7 heteroatoms. The largest absolute Gasteiger partial charge is 0.348 e. The zero-order valence-electron chi connectivity index (χ0n) is 12.7. The van der Waals surface area contributed by atoms with Crippen molar-refractivity contribution in [2.24, 2.45) is 11.7 Å². The molecule has 1 aromatic rings. The maximum Gasteiger partial charge on any atom is 0.225 e. The predicted octanol–water partition coefficient (Wildman–Crippen LogP) is 3.38. The zero-order chi connectivity index (χ0) is 14.0. The van der Waals surface area contributed by atoms with Crippen LogP contribution in [0.1, 0.15) is 56.3 Å². The van der Waals surface area contributed by atoms with Crippen molar-refractivity contribution < 1.29 is 4.79 Å². The van der Waals surface area contributed by atoms with E-state index in [2.05, 4.69) is 10.3 Å². The summed E-state index contributed by atoms with van der Waals surface area (Å²) in [5.41, 5.74) is 6.83. The highest BCUT2D eigenvalue weighted by atomic mass is 35.5. The topological polar surface area (TPSA) is 68.0 Å². The Balaban J connectivity index is 0.00000200. The molecule has 122 valence electrons. The first kappa shape index (κ1) is 20.6. The van der Waals surface area contributed by atoms with Gasteiger partial charge in [0, 0.05) is 10.9 Å². The Morgan fingerprint density at radius 3 is 2.71 bits per heavy atom. The van der Waals surface area contributed by atoms with E-state index >= 15 is 0 Å². The van der Waals surface area contributed by atoms with Gasteiger partial charge in [0.2, 0.25) is 5.91 Å². The lowest BCUT2D eigenvalue weighted by atomic mass is 9.74. The Labute approximate surface area is 143 Å². The van der Waals surface area contributed by atoms with E-state index in [1.165, 1.54) is 0 Å². The number of thiazole rings is 1. The molecule has 4 nitrogen and oxygen atoms in total. The van der Waals surface area contributed by atoms with E-state index in [9.17, 15) is 4.79 Å². The molecule has 0 aromatic carbocycles. The highest BCUT2D eigenvalue weighted by Gasteiger charge is 2.38. The molecule has 1 aliphatic carbocycles. The average molecular weight is 354 g/mol. The number of halogens is 2. The number of amides is 1. The Morgan fingerprint density at radius 2 is 2.19 bits per heavy atom. The van der Waals surface area contributed by atoms with Crippen LogP contribution in [0.4, 0.5) is 0 Å². The number of nitrogens with two attached hydrogens (primary N) is 1. The van der Waals surface area contributed by atoms with Crippen molar-refractivity contribution in [3.8, 4) is 0 Å². The van der Waals surface area contributed by atoms with Crippen molar-refractivity contribution >= 4 is 42.1 Å². The number of aryl methyl sites for hydroxylation is 1. The molecule has 0 bridgehead atoms. The van der Waals surface area contributed by atoms with Gasteiger partial charge in [-0.05, 0) is 33.6 Å². The summed E-state index contributed by atoms with van der Waals surface area (Å²) < 4.78 is 0. The van der Waals surface area contributed by atoms with Gasteiger partial charge in [0.1, 0.15) is 0 Å². The van der Waals surface area contributed by atoms with Crippen LogP contribution in [0.3, 0.4) is 0 Å². The number of hydrogen-bond acceptors (Lipinski definition) is 4. The van der Waals surface area contributed by atoms with Crippen LogP contribution < -0.4 is 11.1 Å². The molecule has 1 fully saturated rings. The van der Waals surface area contributed by atoms with Crippen LogP contribution in [0, 0.1) is 12.8 Å². The number of aromatic nitrogens is 1. The normalized spacial score (nSPS) is 26.2.